The van der Waals surface area contributed by atoms with Gasteiger partial charge in [-0.1, -0.05) is 0 Å². The average Bonchev–Trinajstić information content (AvgIpc) is 2.41. The van der Waals surface area contributed by atoms with Crippen molar-refractivity contribution in [1.82, 2.24) is 0 Å². The number of benzene rings is 1. The van der Waals surface area contributed by atoms with E-state index in [0.29, 0.717) is 0 Å². The lowest BCUT2D eigenvalue weighted by Crippen LogP contribution is -2.37. The summed E-state index contributed by atoms with van der Waals surface area (Å²) in [6.07, 6.45) is -0.290. The van der Waals surface area contributed by atoms with Crippen LogP contribution in [0.2, 0.25) is 13.1 Å². The molecule has 0 radical (unpaired) electrons. The first-order valence-corrected chi connectivity index (χ1v) is 8.47. The summed E-state index contributed by atoms with van der Waals surface area (Å²) in [7, 11) is -1.04. The minimum atomic E-state index is -2.40. The lowest BCUT2D eigenvalue weighted by Gasteiger charge is -2.19. The summed E-state index contributed by atoms with van der Waals surface area (Å²) in [4.78, 5) is 11.5. The van der Waals surface area contributed by atoms with E-state index in [-0.39, 0.29) is 6.23 Å². The Hall–Kier alpha value is -1.48. The predicted octanol–water partition coefficient (Wildman–Crippen LogP) is 2.93. The first-order chi connectivity index (χ1) is 9.12. The van der Waals surface area contributed by atoms with Crippen molar-refractivity contribution in [2.75, 3.05) is 13.3 Å². The number of carbonyl (C=O) groups is 1. The molecule has 0 atom stereocenters. The third kappa shape index (κ3) is 3.15. The van der Waals surface area contributed by atoms with E-state index in [0.717, 1.165) is 0 Å². The molecule has 1 aromatic carbocycles. The number of rotatable bonds is 4. The number of hydrogen-bond donors (Lipinski definition) is 0. The van der Waals surface area contributed by atoms with Gasteiger partial charge in [-0.2, -0.15) is 0 Å². The molecule has 0 amide bonds. The number of halogens is 5. The van der Waals surface area contributed by atoms with E-state index < -0.39 is 48.9 Å². The maximum atomic E-state index is 13.3. The Kier molecular flexibility index (Phi) is 4.87. The molecule has 112 valence electrons. The molecule has 0 aromatic heterocycles. The first kappa shape index (κ1) is 16.6. The SMILES string of the molecule is CO[Si](C)(C)COC(=O)c1c(F)c(F)c(F)c(F)c1F. The van der Waals surface area contributed by atoms with Crippen LogP contribution < -0.4 is 0 Å². The van der Waals surface area contributed by atoms with Crippen molar-refractivity contribution < 1.29 is 35.9 Å². The summed E-state index contributed by atoms with van der Waals surface area (Å²) in [5, 5.41) is 0. The Morgan fingerprint density at radius 3 is 1.75 bits per heavy atom. The van der Waals surface area contributed by atoms with Crippen molar-refractivity contribution in [3.63, 3.8) is 0 Å². The summed E-state index contributed by atoms with van der Waals surface area (Å²) in [5.41, 5.74) is -1.61. The molecule has 9 heteroatoms. The highest BCUT2D eigenvalue weighted by atomic mass is 28.4. The topological polar surface area (TPSA) is 35.5 Å². The van der Waals surface area contributed by atoms with Gasteiger partial charge in [0, 0.05) is 7.11 Å². The molecule has 0 N–H and O–H groups in total. The van der Waals surface area contributed by atoms with Crippen molar-refractivity contribution in [3.05, 3.63) is 34.6 Å². The van der Waals surface area contributed by atoms with Crippen LogP contribution in [0, 0.1) is 29.1 Å². The molecule has 1 aromatic rings. The smallest absolute Gasteiger partial charge is 0.344 e. The van der Waals surface area contributed by atoms with Crippen LogP contribution in [0.4, 0.5) is 22.0 Å². The Morgan fingerprint density at radius 1 is 0.950 bits per heavy atom. The van der Waals surface area contributed by atoms with Crippen molar-refractivity contribution >= 4 is 14.3 Å². The van der Waals surface area contributed by atoms with E-state index in [1.165, 1.54) is 7.11 Å². The van der Waals surface area contributed by atoms with Crippen molar-refractivity contribution in [2.24, 2.45) is 0 Å². The van der Waals surface area contributed by atoms with Gasteiger partial charge in [-0.15, -0.1) is 0 Å². The summed E-state index contributed by atoms with van der Waals surface area (Å²) < 4.78 is 74.8. The molecule has 1 rings (SSSR count). The van der Waals surface area contributed by atoms with Crippen molar-refractivity contribution in [1.29, 1.82) is 0 Å². The van der Waals surface area contributed by atoms with Gasteiger partial charge in [0.05, 0.1) is 0 Å². The van der Waals surface area contributed by atoms with Crippen molar-refractivity contribution in [2.45, 2.75) is 13.1 Å². The van der Waals surface area contributed by atoms with E-state index in [2.05, 4.69) is 4.74 Å². The van der Waals surface area contributed by atoms with Gasteiger partial charge in [-0.25, -0.2) is 26.7 Å². The molecular formula is C11H11F5O3Si. The minimum Gasteiger partial charge on any atom is -0.463 e. The molecule has 0 spiro atoms. The van der Waals surface area contributed by atoms with Crippen LogP contribution in [0.5, 0.6) is 0 Å². The molecule has 0 unspecified atom stereocenters. The summed E-state index contributed by atoms with van der Waals surface area (Å²) in [5.74, 6) is -12.8. The number of esters is 1. The first-order valence-electron chi connectivity index (χ1n) is 5.36. The molecular weight excluding hydrogens is 303 g/mol. The van der Waals surface area contributed by atoms with Crippen LogP contribution in [0.25, 0.3) is 0 Å². The third-order valence-corrected chi connectivity index (χ3v) is 4.46. The van der Waals surface area contributed by atoms with Gasteiger partial charge < -0.3 is 9.16 Å². The lowest BCUT2D eigenvalue weighted by atomic mass is 10.1. The Morgan fingerprint density at radius 2 is 1.35 bits per heavy atom. The molecule has 0 aliphatic carbocycles. The third-order valence-electron chi connectivity index (χ3n) is 2.52. The molecule has 0 saturated carbocycles. The van der Waals surface area contributed by atoms with Crippen LogP contribution in [0.15, 0.2) is 0 Å². The number of ether oxygens (including phenoxy) is 1. The predicted molar refractivity (Wildman–Crippen MR) is 61.0 cm³/mol. The van der Waals surface area contributed by atoms with Crippen molar-refractivity contribution in [3.8, 4) is 0 Å². The average molecular weight is 314 g/mol. The maximum absolute atomic E-state index is 13.3. The Balaban J connectivity index is 3.12. The molecule has 0 fully saturated rings. The van der Waals surface area contributed by atoms with E-state index in [1.807, 2.05) is 0 Å². The fraction of sp³-hybridized carbons (Fsp3) is 0.364. The molecule has 0 aliphatic heterocycles. The minimum absolute atomic E-state index is 0.290. The van der Waals surface area contributed by atoms with Crippen LogP contribution >= 0.6 is 0 Å². The number of carbonyl (C=O) groups excluding carboxylic acids is 1. The molecule has 0 aliphatic rings. The highest BCUT2D eigenvalue weighted by molar-refractivity contribution is 6.71. The van der Waals surface area contributed by atoms with Crippen LogP contribution in [0.1, 0.15) is 10.4 Å². The van der Waals surface area contributed by atoms with Crippen LogP contribution in [-0.4, -0.2) is 27.6 Å². The standard InChI is InChI=1S/C11H11F5O3Si/c1-18-20(2,3)4-19-11(17)5-6(12)8(14)10(16)9(15)7(5)13/h4H2,1-3H3. The monoisotopic (exact) mass is 314 g/mol. The van der Waals surface area contributed by atoms with E-state index >= 15 is 0 Å². The zero-order valence-electron chi connectivity index (χ0n) is 10.8. The van der Waals surface area contributed by atoms with Gasteiger partial charge in [-0.3, -0.25) is 0 Å². The second-order valence-electron chi connectivity index (χ2n) is 4.48. The highest BCUT2D eigenvalue weighted by Gasteiger charge is 2.32. The number of hydrogen-bond acceptors (Lipinski definition) is 3. The highest BCUT2D eigenvalue weighted by Crippen LogP contribution is 2.23. The van der Waals surface area contributed by atoms with Gasteiger partial charge in [0.1, 0.15) is 11.8 Å². The largest absolute Gasteiger partial charge is 0.463 e. The molecule has 3 nitrogen and oxygen atoms in total. The summed E-state index contributed by atoms with van der Waals surface area (Å²) in [6.45, 7) is 3.28. The van der Waals surface area contributed by atoms with Gasteiger partial charge in [0.15, 0.2) is 23.3 Å². The second-order valence-corrected chi connectivity index (χ2v) is 8.70. The molecule has 0 bridgehead atoms. The van der Waals surface area contributed by atoms with E-state index in [4.69, 9.17) is 4.43 Å². The van der Waals surface area contributed by atoms with Gasteiger partial charge >= 0.3 is 5.97 Å². The Bertz CT molecular complexity index is 518. The van der Waals surface area contributed by atoms with E-state index in [9.17, 15) is 26.7 Å². The van der Waals surface area contributed by atoms with Crippen LogP contribution in [-0.2, 0) is 9.16 Å². The van der Waals surface area contributed by atoms with E-state index in [1.54, 1.807) is 13.1 Å². The van der Waals surface area contributed by atoms with Crippen LogP contribution in [0.3, 0.4) is 0 Å². The molecule has 0 heterocycles. The molecule has 0 saturated heterocycles. The van der Waals surface area contributed by atoms with Gasteiger partial charge in [0.2, 0.25) is 14.1 Å². The maximum Gasteiger partial charge on any atom is 0.344 e. The van der Waals surface area contributed by atoms with Gasteiger partial charge in [0.25, 0.3) is 0 Å². The quantitative estimate of drug-likeness (QED) is 0.282. The fourth-order valence-corrected chi connectivity index (χ4v) is 1.75. The zero-order chi connectivity index (χ0) is 15.7. The second kappa shape index (κ2) is 5.88. The normalized spacial score (nSPS) is 11.6. The summed E-state index contributed by atoms with van der Waals surface area (Å²) >= 11 is 0. The fourth-order valence-electron chi connectivity index (χ4n) is 1.15. The Labute approximate surface area is 112 Å². The van der Waals surface area contributed by atoms with Gasteiger partial charge in [-0.05, 0) is 13.1 Å². The molecule has 20 heavy (non-hydrogen) atoms. The summed E-state index contributed by atoms with van der Waals surface area (Å²) in [6, 6.07) is 0. The zero-order valence-corrected chi connectivity index (χ0v) is 11.8. The lowest BCUT2D eigenvalue weighted by molar-refractivity contribution is 0.0536.